The second kappa shape index (κ2) is 3.53. The van der Waals surface area contributed by atoms with E-state index in [0.29, 0.717) is 0 Å². The fourth-order valence-corrected chi connectivity index (χ4v) is 2.71. The number of hydrogen-bond acceptors (Lipinski definition) is 1. The lowest BCUT2D eigenvalue weighted by atomic mass is 9.98. The maximum Gasteiger partial charge on any atom is 0.0198 e. The second-order valence-electron chi connectivity index (χ2n) is 4.06. The second-order valence-corrected chi connectivity index (χ2v) is 4.51. The number of benzene rings is 3. The number of hydrogen-bond donors (Lipinski definition) is 1. The Labute approximate surface area is 100 Å². The third kappa shape index (κ3) is 1.25. The summed E-state index contributed by atoms with van der Waals surface area (Å²) in [6, 6.07) is 16.9. The number of aryl methyl sites for hydroxylation is 1. The van der Waals surface area contributed by atoms with Crippen molar-refractivity contribution in [1.82, 2.24) is 0 Å². The van der Waals surface area contributed by atoms with E-state index in [4.69, 9.17) is 0 Å². The van der Waals surface area contributed by atoms with Crippen LogP contribution in [0.25, 0.3) is 21.5 Å². The average Bonchev–Trinajstić information content (AvgIpc) is 2.36. The molecule has 0 unspecified atom stereocenters. The minimum absolute atomic E-state index is 1.08. The third-order valence-corrected chi connectivity index (χ3v) is 3.65. The van der Waals surface area contributed by atoms with Crippen LogP contribution in [0.15, 0.2) is 53.4 Å². The van der Waals surface area contributed by atoms with Gasteiger partial charge in [-0.3, -0.25) is 0 Å². The monoisotopic (exact) mass is 224 g/mol. The zero-order valence-corrected chi connectivity index (χ0v) is 9.96. The number of rotatable bonds is 0. The molecule has 78 valence electrons. The molecular weight excluding hydrogens is 212 g/mol. The minimum atomic E-state index is 1.08. The molecule has 0 fully saturated rings. The van der Waals surface area contributed by atoms with Gasteiger partial charge in [0.1, 0.15) is 0 Å². The van der Waals surface area contributed by atoms with Crippen LogP contribution in [0.1, 0.15) is 5.56 Å². The molecule has 0 heterocycles. The van der Waals surface area contributed by atoms with Gasteiger partial charge in [0.15, 0.2) is 0 Å². The van der Waals surface area contributed by atoms with E-state index in [1.165, 1.54) is 27.1 Å². The van der Waals surface area contributed by atoms with E-state index in [1.54, 1.807) is 0 Å². The zero-order chi connectivity index (χ0) is 11.1. The van der Waals surface area contributed by atoms with Crippen molar-refractivity contribution < 1.29 is 0 Å². The van der Waals surface area contributed by atoms with Crippen LogP contribution < -0.4 is 0 Å². The van der Waals surface area contributed by atoms with Crippen molar-refractivity contribution in [2.24, 2.45) is 0 Å². The Balaban J connectivity index is 2.67. The van der Waals surface area contributed by atoms with Gasteiger partial charge in [-0.15, -0.1) is 12.6 Å². The molecule has 16 heavy (non-hydrogen) atoms. The molecule has 1 heteroatoms. The van der Waals surface area contributed by atoms with Crippen LogP contribution in [0.3, 0.4) is 0 Å². The highest BCUT2D eigenvalue weighted by Crippen LogP contribution is 2.34. The van der Waals surface area contributed by atoms with Crippen LogP contribution in [-0.2, 0) is 0 Å². The Morgan fingerprint density at radius 1 is 0.688 bits per heavy atom. The van der Waals surface area contributed by atoms with E-state index in [1.807, 2.05) is 0 Å². The van der Waals surface area contributed by atoms with E-state index in [2.05, 4.69) is 68.1 Å². The summed E-state index contributed by atoms with van der Waals surface area (Å²) >= 11 is 4.66. The maximum absolute atomic E-state index is 4.66. The Morgan fingerprint density at radius 3 is 1.50 bits per heavy atom. The van der Waals surface area contributed by atoms with Crippen molar-refractivity contribution in [3.8, 4) is 0 Å². The van der Waals surface area contributed by atoms with E-state index < -0.39 is 0 Å². The summed E-state index contributed by atoms with van der Waals surface area (Å²) in [4.78, 5) is 1.08. The Hall–Kier alpha value is -1.47. The van der Waals surface area contributed by atoms with Gasteiger partial charge in [-0.25, -0.2) is 0 Å². The molecule has 0 atom stereocenters. The van der Waals surface area contributed by atoms with Crippen LogP contribution in [0.4, 0.5) is 0 Å². The lowest BCUT2D eigenvalue weighted by Crippen LogP contribution is -1.85. The highest BCUT2D eigenvalue weighted by atomic mass is 32.1. The summed E-state index contributed by atoms with van der Waals surface area (Å²) in [5, 5.41) is 5.07. The van der Waals surface area contributed by atoms with Gasteiger partial charge in [0, 0.05) is 4.90 Å². The first kappa shape index (κ1) is 9.73. The molecule has 0 amide bonds. The van der Waals surface area contributed by atoms with Crippen molar-refractivity contribution in [3.63, 3.8) is 0 Å². The summed E-state index contributed by atoms with van der Waals surface area (Å²) in [5.74, 6) is 0. The predicted octanol–water partition coefficient (Wildman–Crippen LogP) is 4.59. The van der Waals surface area contributed by atoms with Gasteiger partial charge in [0.25, 0.3) is 0 Å². The molecule has 0 aliphatic heterocycles. The molecule has 0 radical (unpaired) electrons. The fraction of sp³-hybridized carbons (Fsp3) is 0.0667. The zero-order valence-electron chi connectivity index (χ0n) is 9.07. The smallest absolute Gasteiger partial charge is 0.0198 e. The summed E-state index contributed by atoms with van der Waals surface area (Å²) < 4.78 is 0. The van der Waals surface area contributed by atoms with E-state index >= 15 is 0 Å². The van der Waals surface area contributed by atoms with Crippen LogP contribution in [0, 0.1) is 6.92 Å². The van der Waals surface area contributed by atoms with Gasteiger partial charge in [0.2, 0.25) is 0 Å². The molecule has 0 aliphatic rings. The first-order valence-electron chi connectivity index (χ1n) is 5.38. The van der Waals surface area contributed by atoms with E-state index in [9.17, 15) is 0 Å². The molecule has 0 spiro atoms. The van der Waals surface area contributed by atoms with Crippen molar-refractivity contribution in [3.05, 3.63) is 54.1 Å². The van der Waals surface area contributed by atoms with Crippen molar-refractivity contribution >= 4 is 34.2 Å². The Kier molecular flexibility index (Phi) is 2.15. The van der Waals surface area contributed by atoms with Gasteiger partial charge in [0.05, 0.1) is 0 Å². The van der Waals surface area contributed by atoms with Crippen LogP contribution in [0.2, 0.25) is 0 Å². The standard InChI is InChI=1S/C15H12S/c1-10-11-6-2-4-8-13(11)15(16)14-9-5-3-7-12(10)14/h2-9,16H,1H3. The quantitative estimate of drug-likeness (QED) is 0.419. The molecule has 3 aromatic rings. The minimum Gasteiger partial charge on any atom is -0.142 e. The summed E-state index contributed by atoms with van der Waals surface area (Å²) in [6.07, 6.45) is 0. The molecule has 3 rings (SSSR count). The number of thiol groups is 1. The maximum atomic E-state index is 4.66. The lowest BCUT2D eigenvalue weighted by molar-refractivity contribution is 1.53. The van der Waals surface area contributed by atoms with Gasteiger partial charge in [-0.05, 0) is 34.0 Å². The van der Waals surface area contributed by atoms with Crippen molar-refractivity contribution in [1.29, 1.82) is 0 Å². The van der Waals surface area contributed by atoms with Crippen LogP contribution in [-0.4, -0.2) is 0 Å². The molecule has 0 N–H and O–H groups in total. The molecule has 0 aliphatic carbocycles. The first-order chi connectivity index (χ1) is 7.79. The number of fused-ring (bicyclic) bond motifs is 2. The van der Waals surface area contributed by atoms with Crippen molar-refractivity contribution in [2.45, 2.75) is 11.8 Å². The van der Waals surface area contributed by atoms with Crippen LogP contribution >= 0.6 is 12.6 Å². The molecule has 3 aromatic carbocycles. The SMILES string of the molecule is Cc1c2ccccc2c(S)c2ccccc12. The highest BCUT2D eigenvalue weighted by Gasteiger charge is 2.07. The summed E-state index contributed by atoms with van der Waals surface area (Å²) in [5.41, 5.74) is 1.34. The normalized spacial score (nSPS) is 11.1. The van der Waals surface area contributed by atoms with Crippen LogP contribution in [0.5, 0.6) is 0 Å². The van der Waals surface area contributed by atoms with E-state index in [-0.39, 0.29) is 0 Å². The summed E-state index contributed by atoms with van der Waals surface area (Å²) in [7, 11) is 0. The molecular formula is C15H12S. The molecule has 0 saturated heterocycles. The van der Waals surface area contributed by atoms with Gasteiger partial charge in [-0.2, -0.15) is 0 Å². The largest absolute Gasteiger partial charge is 0.142 e. The van der Waals surface area contributed by atoms with Gasteiger partial charge >= 0.3 is 0 Å². The Bertz CT molecular complexity index is 566. The molecule has 0 bridgehead atoms. The van der Waals surface area contributed by atoms with Gasteiger partial charge < -0.3 is 0 Å². The highest BCUT2D eigenvalue weighted by molar-refractivity contribution is 7.80. The average molecular weight is 224 g/mol. The van der Waals surface area contributed by atoms with Crippen molar-refractivity contribution in [2.75, 3.05) is 0 Å². The Morgan fingerprint density at radius 2 is 1.06 bits per heavy atom. The van der Waals surface area contributed by atoms with Gasteiger partial charge in [-0.1, -0.05) is 48.5 Å². The molecule has 0 saturated carbocycles. The molecule has 0 nitrogen and oxygen atoms in total. The summed E-state index contributed by atoms with van der Waals surface area (Å²) in [6.45, 7) is 2.18. The topological polar surface area (TPSA) is 0 Å². The third-order valence-electron chi connectivity index (χ3n) is 3.17. The molecule has 0 aromatic heterocycles. The van der Waals surface area contributed by atoms with E-state index in [0.717, 1.165) is 4.90 Å². The lowest BCUT2D eigenvalue weighted by Gasteiger charge is -2.10. The fourth-order valence-electron chi connectivity index (χ4n) is 2.32. The predicted molar refractivity (Wildman–Crippen MR) is 73.4 cm³/mol. The first-order valence-corrected chi connectivity index (χ1v) is 5.83.